The van der Waals surface area contributed by atoms with Gasteiger partial charge < -0.3 is 20.4 Å². The van der Waals surface area contributed by atoms with Gasteiger partial charge in [0.05, 0.1) is 17.3 Å². The summed E-state index contributed by atoms with van der Waals surface area (Å²) in [6, 6.07) is 15.0. The molecular weight excluding hydrogens is 376 g/mol. The normalized spacial score (nSPS) is 10.9. The Kier molecular flexibility index (Phi) is 4.94. The number of benzene rings is 2. The van der Waals surface area contributed by atoms with Crippen molar-refractivity contribution in [2.75, 3.05) is 19.0 Å². The van der Waals surface area contributed by atoms with E-state index in [2.05, 4.69) is 20.6 Å². The smallest absolute Gasteiger partial charge is 0.267 e. The van der Waals surface area contributed by atoms with E-state index in [0.29, 0.717) is 16.6 Å². The molecule has 0 aliphatic rings. The average Bonchev–Trinajstić information content (AvgIpc) is 3.30. The summed E-state index contributed by atoms with van der Waals surface area (Å²) in [6.07, 6.45) is 0.158. The highest BCUT2D eigenvalue weighted by atomic mass is 32.1. The van der Waals surface area contributed by atoms with Crippen LogP contribution < -0.4 is 15.4 Å². The van der Waals surface area contributed by atoms with Gasteiger partial charge in [-0.1, -0.05) is 29.5 Å². The topological polar surface area (TPSA) is 96.1 Å². The molecule has 0 aliphatic carbocycles. The molecule has 7 nitrogen and oxygen atoms in total. The zero-order valence-corrected chi connectivity index (χ0v) is 15.9. The van der Waals surface area contributed by atoms with E-state index in [1.54, 1.807) is 13.2 Å². The predicted molar refractivity (Wildman–Crippen MR) is 110 cm³/mol. The van der Waals surface area contributed by atoms with Gasteiger partial charge in [0.1, 0.15) is 11.4 Å². The third-order valence-corrected chi connectivity index (χ3v) is 5.22. The van der Waals surface area contributed by atoms with Gasteiger partial charge in [0, 0.05) is 23.9 Å². The van der Waals surface area contributed by atoms with Gasteiger partial charge in [0.2, 0.25) is 5.91 Å². The second kappa shape index (κ2) is 7.69. The lowest BCUT2D eigenvalue weighted by molar-refractivity contribution is -0.116. The molecular formula is C20H18N4O3S. The largest absolute Gasteiger partial charge is 0.496 e. The van der Waals surface area contributed by atoms with E-state index in [4.69, 9.17) is 4.74 Å². The Morgan fingerprint density at radius 2 is 2.04 bits per heavy atom. The highest BCUT2D eigenvalue weighted by Gasteiger charge is 2.13. The average molecular weight is 394 g/mol. The van der Waals surface area contributed by atoms with E-state index in [1.807, 2.05) is 42.5 Å². The number of carbonyl (C=O) groups is 2. The number of carbonyl (C=O) groups excluding carboxylic acids is 2. The Balaban J connectivity index is 1.33. The minimum atomic E-state index is -0.272. The highest BCUT2D eigenvalue weighted by molar-refractivity contribution is 7.22. The van der Waals surface area contributed by atoms with Crippen LogP contribution in [0.4, 0.5) is 5.13 Å². The number of nitrogens with one attached hydrogen (secondary N) is 3. The van der Waals surface area contributed by atoms with Gasteiger partial charge in [0.25, 0.3) is 5.91 Å². The zero-order valence-electron chi connectivity index (χ0n) is 15.1. The molecule has 0 spiro atoms. The molecule has 4 aromatic rings. The van der Waals surface area contributed by atoms with E-state index >= 15 is 0 Å². The summed E-state index contributed by atoms with van der Waals surface area (Å²) < 4.78 is 6.32. The number of anilines is 1. The Morgan fingerprint density at radius 1 is 1.18 bits per heavy atom. The van der Waals surface area contributed by atoms with E-state index in [-0.39, 0.29) is 24.8 Å². The molecule has 28 heavy (non-hydrogen) atoms. The molecule has 0 saturated carbocycles. The fraction of sp³-hybridized carbons (Fsp3) is 0.150. The third kappa shape index (κ3) is 3.67. The number of para-hydroxylation sites is 1. The van der Waals surface area contributed by atoms with E-state index in [0.717, 1.165) is 21.1 Å². The van der Waals surface area contributed by atoms with Crippen molar-refractivity contribution in [2.24, 2.45) is 0 Å². The summed E-state index contributed by atoms with van der Waals surface area (Å²) >= 11 is 1.42. The minimum absolute atomic E-state index is 0.158. The van der Waals surface area contributed by atoms with Crippen LogP contribution in [0.2, 0.25) is 0 Å². The van der Waals surface area contributed by atoms with Gasteiger partial charge in [0.15, 0.2) is 5.13 Å². The lowest BCUT2D eigenvalue weighted by Gasteiger charge is -2.03. The summed E-state index contributed by atoms with van der Waals surface area (Å²) in [5.41, 5.74) is 2.09. The summed E-state index contributed by atoms with van der Waals surface area (Å²) in [6.45, 7) is 0.224. The molecule has 0 aliphatic heterocycles. The number of methoxy groups -OCH3 is 1. The van der Waals surface area contributed by atoms with Crippen LogP contribution in [0.1, 0.15) is 16.9 Å². The summed E-state index contributed by atoms with van der Waals surface area (Å²) in [5.74, 6) is 0.228. The lowest BCUT2D eigenvalue weighted by atomic mass is 10.2. The molecule has 8 heteroatoms. The first-order valence-electron chi connectivity index (χ1n) is 8.73. The standard InChI is InChI=1S/C20H18N4O3S/c1-27-16-7-4-6-13-12(16)11-15(22-13)19(26)21-10-9-18(25)24-20-23-14-5-2-3-8-17(14)28-20/h2-8,11,22H,9-10H2,1H3,(H,21,26)(H,23,24,25). The van der Waals surface area contributed by atoms with Crippen LogP contribution in [0.3, 0.4) is 0 Å². The number of nitrogens with zero attached hydrogens (tertiary/aromatic N) is 1. The Morgan fingerprint density at radius 3 is 2.86 bits per heavy atom. The molecule has 0 bridgehead atoms. The van der Waals surface area contributed by atoms with Crippen molar-refractivity contribution in [3.05, 3.63) is 54.2 Å². The Bertz CT molecular complexity index is 1130. The molecule has 2 aromatic carbocycles. The number of aromatic amines is 1. The van der Waals surface area contributed by atoms with Gasteiger partial charge in [-0.05, 0) is 30.3 Å². The lowest BCUT2D eigenvalue weighted by Crippen LogP contribution is -2.27. The van der Waals surface area contributed by atoms with Crippen molar-refractivity contribution < 1.29 is 14.3 Å². The van der Waals surface area contributed by atoms with Gasteiger partial charge in [-0.2, -0.15) is 0 Å². The maximum absolute atomic E-state index is 12.3. The molecule has 142 valence electrons. The summed E-state index contributed by atoms with van der Waals surface area (Å²) in [7, 11) is 1.59. The van der Waals surface area contributed by atoms with Crippen molar-refractivity contribution in [1.29, 1.82) is 0 Å². The van der Waals surface area contributed by atoms with Crippen molar-refractivity contribution in [3.63, 3.8) is 0 Å². The maximum atomic E-state index is 12.3. The van der Waals surface area contributed by atoms with Crippen molar-refractivity contribution in [2.45, 2.75) is 6.42 Å². The number of aromatic nitrogens is 2. The van der Waals surface area contributed by atoms with Crippen LogP contribution in [-0.2, 0) is 4.79 Å². The monoisotopic (exact) mass is 394 g/mol. The first-order valence-corrected chi connectivity index (χ1v) is 9.55. The van der Waals surface area contributed by atoms with Crippen LogP contribution in [0.15, 0.2) is 48.5 Å². The number of amides is 2. The summed E-state index contributed by atoms with van der Waals surface area (Å²) in [5, 5.41) is 6.92. The van der Waals surface area contributed by atoms with Crippen LogP contribution in [0.5, 0.6) is 5.75 Å². The van der Waals surface area contributed by atoms with Crippen LogP contribution in [0.25, 0.3) is 21.1 Å². The zero-order chi connectivity index (χ0) is 19.5. The van der Waals surface area contributed by atoms with Gasteiger partial charge in [-0.3, -0.25) is 9.59 Å². The maximum Gasteiger partial charge on any atom is 0.267 e. The van der Waals surface area contributed by atoms with E-state index in [1.165, 1.54) is 11.3 Å². The van der Waals surface area contributed by atoms with E-state index < -0.39 is 0 Å². The number of hydrogen-bond donors (Lipinski definition) is 3. The number of fused-ring (bicyclic) bond motifs is 2. The minimum Gasteiger partial charge on any atom is -0.496 e. The third-order valence-electron chi connectivity index (χ3n) is 4.27. The molecule has 2 amide bonds. The second-order valence-corrected chi connectivity index (χ2v) is 7.18. The molecule has 0 atom stereocenters. The Hall–Kier alpha value is -3.39. The first-order chi connectivity index (χ1) is 13.6. The molecule has 0 radical (unpaired) electrons. The highest BCUT2D eigenvalue weighted by Crippen LogP contribution is 2.26. The molecule has 0 unspecified atom stereocenters. The Labute approximate surface area is 164 Å². The van der Waals surface area contributed by atoms with Crippen molar-refractivity contribution >= 4 is 49.4 Å². The molecule has 2 heterocycles. The van der Waals surface area contributed by atoms with Gasteiger partial charge >= 0.3 is 0 Å². The molecule has 0 saturated heterocycles. The molecule has 3 N–H and O–H groups in total. The summed E-state index contributed by atoms with van der Waals surface area (Å²) in [4.78, 5) is 31.9. The number of H-pyrrole nitrogens is 1. The number of rotatable bonds is 6. The first kappa shape index (κ1) is 18.0. The van der Waals surface area contributed by atoms with E-state index in [9.17, 15) is 9.59 Å². The van der Waals surface area contributed by atoms with Crippen molar-refractivity contribution in [1.82, 2.24) is 15.3 Å². The quantitative estimate of drug-likeness (QED) is 0.466. The van der Waals surface area contributed by atoms with Crippen LogP contribution in [0, 0.1) is 0 Å². The molecule has 2 aromatic heterocycles. The fourth-order valence-corrected chi connectivity index (χ4v) is 3.80. The number of ether oxygens (including phenoxy) is 1. The molecule has 4 rings (SSSR count). The number of hydrogen-bond acceptors (Lipinski definition) is 5. The van der Waals surface area contributed by atoms with Crippen LogP contribution in [-0.4, -0.2) is 35.4 Å². The number of thiazole rings is 1. The second-order valence-electron chi connectivity index (χ2n) is 6.15. The SMILES string of the molecule is COc1cccc2[nH]c(C(=O)NCCC(=O)Nc3nc4ccccc4s3)cc12. The predicted octanol–water partition coefficient (Wildman–Crippen LogP) is 3.54. The molecule has 0 fully saturated rings. The van der Waals surface area contributed by atoms with Gasteiger partial charge in [-0.15, -0.1) is 0 Å². The van der Waals surface area contributed by atoms with Crippen molar-refractivity contribution in [3.8, 4) is 5.75 Å². The van der Waals surface area contributed by atoms with Crippen LogP contribution >= 0.6 is 11.3 Å². The fourth-order valence-electron chi connectivity index (χ4n) is 2.92. The van der Waals surface area contributed by atoms with Gasteiger partial charge in [-0.25, -0.2) is 4.98 Å².